The zero-order valence-corrected chi connectivity index (χ0v) is 22.3. The number of anilines is 1. The van der Waals surface area contributed by atoms with E-state index < -0.39 is 23.5 Å². The number of benzene rings is 3. The van der Waals surface area contributed by atoms with E-state index in [4.69, 9.17) is 9.47 Å². The number of unbranched alkanes of at least 4 members (excludes halogenated alkanes) is 2. The first kappa shape index (κ1) is 26.4. The molecule has 5 rings (SSSR count). The van der Waals surface area contributed by atoms with Crippen LogP contribution in [-0.2, 0) is 9.59 Å². The van der Waals surface area contributed by atoms with E-state index in [0.717, 1.165) is 30.6 Å². The number of carbonyl (C=O) groups is 2. The number of nitrogens with zero attached hydrogens (tertiary/aromatic N) is 2. The Labute approximate surface area is 229 Å². The first-order chi connectivity index (χ1) is 18.9. The number of hydrogen-bond donors (Lipinski definition) is 1. The predicted molar refractivity (Wildman–Crippen MR) is 149 cm³/mol. The lowest BCUT2D eigenvalue weighted by Crippen LogP contribution is -2.29. The number of Topliss-reactive ketones (excluding diaryl/α,β-unsaturated/α-hetero) is 1. The summed E-state index contributed by atoms with van der Waals surface area (Å²) in [4.78, 5) is 32.7. The molecule has 1 fully saturated rings. The van der Waals surface area contributed by atoms with Gasteiger partial charge < -0.3 is 14.6 Å². The highest BCUT2D eigenvalue weighted by Gasteiger charge is 2.48. The van der Waals surface area contributed by atoms with Gasteiger partial charge in [0.2, 0.25) is 0 Å². The minimum Gasteiger partial charge on any atom is -0.507 e. The van der Waals surface area contributed by atoms with Crippen LogP contribution < -0.4 is 14.4 Å². The largest absolute Gasteiger partial charge is 0.507 e. The van der Waals surface area contributed by atoms with Crippen molar-refractivity contribution in [3.63, 3.8) is 0 Å². The molecule has 1 aromatic heterocycles. The maximum atomic E-state index is 13.9. The highest BCUT2D eigenvalue weighted by atomic mass is 32.1. The third kappa shape index (κ3) is 5.22. The molecule has 4 aromatic rings. The smallest absolute Gasteiger partial charge is 0.301 e. The van der Waals surface area contributed by atoms with Crippen molar-refractivity contribution in [2.45, 2.75) is 32.2 Å². The van der Waals surface area contributed by atoms with Gasteiger partial charge in [0.15, 0.2) is 5.13 Å². The average Bonchev–Trinajstić information content (AvgIpc) is 3.48. The number of ketones is 1. The summed E-state index contributed by atoms with van der Waals surface area (Å²) in [6.45, 7) is 2.65. The zero-order chi connectivity index (χ0) is 27.5. The maximum absolute atomic E-state index is 13.9. The molecule has 1 aliphatic heterocycles. The fraction of sp³-hybridized carbons (Fsp3) is 0.233. The summed E-state index contributed by atoms with van der Waals surface area (Å²) < 4.78 is 25.6. The molecule has 0 radical (unpaired) electrons. The molecule has 200 valence electrons. The Kier molecular flexibility index (Phi) is 7.60. The number of ether oxygens (including phenoxy) is 2. The van der Waals surface area contributed by atoms with Crippen molar-refractivity contribution >= 4 is 44.1 Å². The Morgan fingerprint density at radius 2 is 1.85 bits per heavy atom. The third-order valence-corrected chi connectivity index (χ3v) is 7.56. The van der Waals surface area contributed by atoms with Crippen LogP contribution in [0.3, 0.4) is 0 Å². The van der Waals surface area contributed by atoms with Crippen LogP contribution in [0.15, 0.2) is 72.3 Å². The molecule has 0 spiro atoms. The van der Waals surface area contributed by atoms with E-state index in [9.17, 15) is 19.1 Å². The monoisotopic (exact) mass is 546 g/mol. The lowest BCUT2D eigenvalue weighted by atomic mass is 9.95. The maximum Gasteiger partial charge on any atom is 0.301 e. The Bertz CT molecular complexity index is 1560. The van der Waals surface area contributed by atoms with Crippen LogP contribution in [0.2, 0.25) is 0 Å². The Morgan fingerprint density at radius 1 is 1.05 bits per heavy atom. The summed E-state index contributed by atoms with van der Waals surface area (Å²) >= 11 is 1.10. The minimum absolute atomic E-state index is 0.0706. The highest BCUT2D eigenvalue weighted by Crippen LogP contribution is 2.45. The summed E-state index contributed by atoms with van der Waals surface area (Å²) in [7, 11) is 1.53. The van der Waals surface area contributed by atoms with Gasteiger partial charge in [-0.2, -0.15) is 0 Å². The second kappa shape index (κ2) is 11.2. The summed E-state index contributed by atoms with van der Waals surface area (Å²) in [6, 6.07) is 16.9. The van der Waals surface area contributed by atoms with Gasteiger partial charge in [0.05, 0.1) is 35.5 Å². The van der Waals surface area contributed by atoms with Gasteiger partial charge >= 0.3 is 5.91 Å². The Morgan fingerprint density at radius 3 is 2.59 bits per heavy atom. The highest BCUT2D eigenvalue weighted by molar-refractivity contribution is 7.22. The zero-order valence-electron chi connectivity index (χ0n) is 21.5. The van der Waals surface area contributed by atoms with Crippen LogP contribution in [-0.4, -0.2) is 35.5 Å². The fourth-order valence-corrected chi connectivity index (χ4v) is 5.57. The first-order valence-corrected chi connectivity index (χ1v) is 13.5. The van der Waals surface area contributed by atoms with Gasteiger partial charge in [-0.05, 0) is 66.6 Å². The van der Waals surface area contributed by atoms with E-state index in [2.05, 4.69) is 11.9 Å². The topological polar surface area (TPSA) is 89.0 Å². The number of carbonyl (C=O) groups excluding carboxylic acids is 2. The number of fused-ring (bicyclic) bond motifs is 1. The van der Waals surface area contributed by atoms with E-state index in [1.807, 2.05) is 6.07 Å². The standard InChI is InChI=1S/C30H27FN2O5S/c1-3-4-5-15-38-22-8-6-7-19(16-22)26-25(27(34)18-9-12-21(37-2)13-10-18)28(35)29(36)33(26)30-32-23-14-11-20(31)17-24(23)39-30/h6-14,16-17,26,34H,3-5,15H2,1-2H3/b27-25+. The van der Waals surface area contributed by atoms with Gasteiger partial charge in [0.1, 0.15) is 23.1 Å². The van der Waals surface area contributed by atoms with E-state index in [0.29, 0.717) is 39.4 Å². The minimum atomic E-state index is -0.975. The molecule has 1 unspecified atom stereocenters. The third-order valence-electron chi connectivity index (χ3n) is 6.54. The van der Waals surface area contributed by atoms with Gasteiger partial charge in [-0.25, -0.2) is 9.37 Å². The number of aromatic nitrogens is 1. The van der Waals surface area contributed by atoms with Gasteiger partial charge in [0, 0.05) is 5.56 Å². The SMILES string of the molecule is CCCCCOc1cccc(C2/C(=C(\O)c3ccc(OC)cc3)C(=O)C(=O)N2c2nc3ccc(F)cc3s2)c1. The van der Waals surface area contributed by atoms with Crippen LogP contribution in [0.1, 0.15) is 43.4 Å². The summed E-state index contributed by atoms with van der Waals surface area (Å²) in [6.07, 6.45) is 3.01. The van der Waals surface area contributed by atoms with Crippen molar-refractivity contribution in [3.05, 3.63) is 89.2 Å². The van der Waals surface area contributed by atoms with Crippen molar-refractivity contribution < 1.29 is 28.6 Å². The number of halogens is 1. The molecule has 1 saturated heterocycles. The summed E-state index contributed by atoms with van der Waals surface area (Å²) in [5.41, 5.74) is 1.36. The van der Waals surface area contributed by atoms with E-state index >= 15 is 0 Å². The fourth-order valence-electron chi connectivity index (χ4n) is 4.56. The number of aliphatic hydroxyl groups excluding tert-OH is 1. The van der Waals surface area contributed by atoms with Crippen molar-refractivity contribution in [3.8, 4) is 11.5 Å². The number of thiazole rings is 1. The summed E-state index contributed by atoms with van der Waals surface area (Å²) in [5, 5.41) is 11.6. The normalized spacial score (nSPS) is 16.7. The van der Waals surface area contributed by atoms with Crippen molar-refractivity contribution in [1.82, 2.24) is 4.98 Å². The van der Waals surface area contributed by atoms with Crippen molar-refractivity contribution in [1.29, 1.82) is 0 Å². The van der Waals surface area contributed by atoms with E-state index in [1.54, 1.807) is 42.5 Å². The number of rotatable bonds is 9. The molecule has 39 heavy (non-hydrogen) atoms. The molecule has 1 N–H and O–H groups in total. The predicted octanol–water partition coefficient (Wildman–Crippen LogP) is 6.64. The van der Waals surface area contributed by atoms with Crippen LogP contribution in [0.25, 0.3) is 16.0 Å². The van der Waals surface area contributed by atoms with Gasteiger partial charge in [-0.3, -0.25) is 14.5 Å². The van der Waals surface area contributed by atoms with E-state index in [1.165, 1.54) is 30.2 Å². The van der Waals surface area contributed by atoms with Crippen LogP contribution in [0, 0.1) is 5.82 Å². The molecular formula is C30H27FN2O5S. The number of methoxy groups -OCH3 is 1. The lowest BCUT2D eigenvalue weighted by molar-refractivity contribution is -0.132. The van der Waals surface area contributed by atoms with Crippen LogP contribution in [0.5, 0.6) is 11.5 Å². The molecular weight excluding hydrogens is 519 g/mol. The molecule has 7 nitrogen and oxygen atoms in total. The summed E-state index contributed by atoms with van der Waals surface area (Å²) in [5.74, 6) is -1.24. The number of amides is 1. The van der Waals surface area contributed by atoms with E-state index in [-0.39, 0.29) is 16.5 Å². The lowest BCUT2D eigenvalue weighted by Gasteiger charge is -2.23. The molecule has 0 aliphatic carbocycles. The van der Waals surface area contributed by atoms with Gasteiger partial charge in [-0.1, -0.05) is 43.2 Å². The molecule has 3 aromatic carbocycles. The molecule has 0 bridgehead atoms. The quantitative estimate of drug-likeness (QED) is 0.110. The average molecular weight is 547 g/mol. The molecule has 1 aliphatic rings. The van der Waals surface area contributed by atoms with Gasteiger partial charge in [-0.15, -0.1) is 0 Å². The molecule has 9 heteroatoms. The number of aliphatic hydroxyl groups is 1. The molecule has 1 atom stereocenters. The Hall–Kier alpha value is -4.24. The van der Waals surface area contributed by atoms with Gasteiger partial charge in [0.25, 0.3) is 5.78 Å². The molecule has 1 amide bonds. The van der Waals surface area contributed by atoms with Crippen molar-refractivity contribution in [2.24, 2.45) is 0 Å². The molecule has 2 heterocycles. The molecule has 0 saturated carbocycles. The van der Waals surface area contributed by atoms with Crippen LogP contribution in [0.4, 0.5) is 9.52 Å². The first-order valence-electron chi connectivity index (χ1n) is 12.7. The number of hydrogen-bond acceptors (Lipinski definition) is 7. The Balaban J connectivity index is 1.63. The second-order valence-electron chi connectivity index (χ2n) is 9.13. The van der Waals surface area contributed by atoms with Crippen molar-refractivity contribution in [2.75, 3.05) is 18.6 Å². The van der Waals surface area contributed by atoms with Crippen LogP contribution >= 0.6 is 11.3 Å². The second-order valence-corrected chi connectivity index (χ2v) is 10.1.